The quantitative estimate of drug-likeness (QED) is 0.836. The summed E-state index contributed by atoms with van der Waals surface area (Å²) in [6.45, 7) is 4.34. The summed E-state index contributed by atoms with van der Waals surface area (Å²) in [4.78, 5) is 28.5. The molecular formula is C15H19BrN4O2. The van der Waals surface area contributed by atoms with Gasteiger partial charge in [0, 0.05) is 29.5 Å². The van der Waals surface area contributed by atoms with E-state index in [9.17, 15) is 9.59 Å². The predicted molar refractivity (Wildman–Crippen MR) is 89.6 cm³/mol. The molecule has 2 aromatic rings. The Morgan fingerprint density at radius 1 is 1.45 bits per heavy atom. The first-order chi connectivity index (χ1) is 10.3. The third-order valence-electron chi connectivity index (χ3n) is 3.35. The van der Waals surface area contributed by atoms with E-state index in [0.717, 1.165) is 4.47 Å². The van der Waals surface area contributed by atoms with Gasteiger partial charge in [0.05, 0.1) is 17.2 Å². The summed E-state index contributed by atoms with van der Waals surface area (Å²) in [7, 11) is 0. The molecule has 2 rings (SSSR count). The van der Waals surface area contributed by atoms with E-state index < -0.39 is 5.54 Å². The highest BCUT2D eigenvalue weighted by molar-refractivity contribution is 9.10. The summed E-state index contributed by atoms with van der Waals surface area (Å²) in [5, 5.41) is 3.36. The third kappa shape index (κ3) is 3.92. The van der Waals surface area contributed by atoms with E-state index >= 15 is 0 Å². The topological polar surface area (TPSA) is 90.0 Å². The van der Waals surface area contributed by atoms with Gasteiger partial charge in [-0.2, -0.15) is 0 Å². The van der Waals surface area contributed by atoms with E-state index in [1.54, 1.807) is 12.1 Å². The van der Waals surface area contributed by atoms with Crippen molar-refractivity contribution in [2.45, 2.75) is 32.4 Å². The number of aromatic nitrogens is 2. The van der Waals surface area contributed by atoms with E-state index in [1.165, 1.54) is 10.9 Å². The highest BCUT2D eigenvalue weighted by Crippen LogP contribution is 2.14. The van der Waals surface area contributed by atoms with Crippen LogP contribution in [0.4, 0.5) is 0 Å². The van der Waals surface area contributed by atoms with Crippen LogP contribution >= 0.6 is 15.9 Å². The van der Waals surface area contributed by atoms with Crippen molar-refractivity contribution in [3.63, 3.8) is 0 Å². The lowest BCUT2D eigenvalue weighted by molar-refractivity contribution is -0.122. The molecule has 0 bridgehead atoms. The number of fused-ring (bicyclic) bond motifs is 1. The summed E-state index contributed by atoms with van der Waals surface area (Å²) >= 11 is 3.34. The predicted octanol–water partition coefficient (Wildman–Crippen LogP) is 1.40. The summed E-state index contributed by atoms with van der Waals surface area (Å²) in [5.74, 6) is -0.142. The zero-order valence-corrected chi connectivity index (χ0v) is 14.2. The number of nitrogens with zero attached hydrogens (tertiary/aromatic N) is 2. The Balaban J connectivity index is 2.14. The van der Waals surface area contributed by atoms with Crippen LogP contribution in [0.25, 0.3) is 10.9 Å². The molecule has 0 saturated carbocycles. The Morgan fingerprint density at radius 2 is 2.18 bits per heavy atom. The van der Waals surface area contributed by atoms with E-state index in [1.807, 2.05) is 19.9 Å². The number of rotatable bonds is 5. The first-order valence-electron chi connectivity index (χ1n) is 6.98. The number of aryl methyl sites for hydroxylation is 1. The van der Waals surface area contributed by atoms with Gasteiger partial charge in [0.25, 0.3) is 5.56 Å². The minimum atomic E-state index is -0.450. The van der Waals surface area contributed by atoms with Crippen LogP contribution in [0.3, 0.4) is 0 Å². The largest absolute Gasteiger partial charge is 0.350 e. The van der Waals surface area contributed by atoms with Crippen LogP contribution in [0, 0.1) is 0 Å². The second-order valence-electron chi connectivity index (χ2n) is 5.79. The molecule has 0 aliphatic carbocycles. The maximum Gasteiger partial charge on any atom is 0.261 e. The average Bonchev–Trinajstić information content (AvgIpc) is 2.47. The second kappa shape index (κ2) is 6.58. The molecular weight excluding hydrogens is 348 g/mol. The molecule has 0 spiro atoms. The van der Waals surface area contributed by atoms with Crippen molar-refractivity contribution < 1.29 is 4.79 Å². The maximum absolute atomic E-state index is 12.4. The van der Waals surface area contributed by atoms with Crippen molar-refractivity contribution in [1.29, 1.82) is 0 Å². The Kier molecular flexibility index (Phi) is 4.97. The summed E-state index contributed by atoms with van der Waals surface area (Å²) in [6, 6.07) is 5.35. The molecule has 0 unspecified atom stereocenters. The zero-order valence-electron chi connectivity index (χ0n) is 12.6. The van der Waals surface area contributed by atoms with Gasteiger partial charge in [-0.05, 0) is 32.0 Å². The van der Waals surface area contributed by atoms with Crippen LogP contribution in [-0.2, 0) is 11.3 Å². The molecule has 3 N–H and O–H groups in total. The van der Waals surface area contributed by atoms with Crippen molar-refractivity contribution in [3.05, 3.63) is 39.4 Å². The Morgan fingerprint density at radius 3 is 2.86 bits per heavy atom. The minimum absolute atomic E-state index is 0.142. The van der Waals surface area contributed by atoms with Crippen LogP contribution in [0.1, 0.15) is 20.3 Å². The van der Waals surface area contributed by atoms with Crippen LogP contribution < -0.4 is 16.6 Å². The lowest BCUT2D eigenvalue weighted by atomic mass is 10.1. The van der Waals surface area contributed by atoms with E-state index in [2.05, 4.69) is 26.2 Å². The maximum atomic E-state index is 12.4. The van der Waals surface area contributed by atoms with Crippen molar-refractivity contribution in [1.82, 2.24) is 14.9 Å². The molecule has 0 aliphatic rings. The molecule has 0 atom stereocenters. The van der Waals surface area contributed by atoms with Crippen molar-refractivity contribution in [2.24, 2.45) is 5.73 Å². The number of amides is 1. The third-order valence-corrected chi connectivity index (χ3v) is 3.85. The fraction of sp³-hybridized carbons (Fsp3) is 0.400. The van der Waals surface area contributed by atoms with Gasteiger partial charge < -0.3 is 11.1 Å². The van der Waals surface area contributed by atoms with Gasteiger partial charge in [-0.25, -0.2) is 4.98 Å². The molecule has 0 fully saturated rings. The number of carbonyl (C=O) groups is 1. The van der Waals surface area contributed by atoms with E-state index in [-0.39, 0.29) is 24.4 Å². The molecule has 1 aromatic carbocycles. The molecule has 0 saturated heterocycles. The standard InChI is InChI=1S/C15H19BrN4O2/c1-15(2,8-17)19-13(21)5-6-20-9-18-12-4-3-10(16)7-11(12)14(20)22/h3-4,7,9H,5-6,8,17H2,1-2H3,(H,19,21). The van der Waals surface area contributed by atoms with Gasteiger partial charge in [-0.15, -0.1) is 0 Å². The second-order valence-corrected chi connectivity index (χ2v) is 6.71. The number of carbonyl (C=O) groups excluding carboxylic acids is 1. The Labute approximate surface area is 136 Å². The molecule has 0 aliphatic heterocycles. The molecule has 0 radical (unpaired) electrons. The number of nitrogens with two attached hydrogens (primary N) is 1. The number of hydrogen-bond donors (Lipinski definition) is 2. The van der Waals surface area contributed by atoms with Crippen molar-refractivity contribution in [2.75, 3.05) is 6.54 Å². The lowest BCUT2D eigenvalue weighted by Gasteiger charge is -2.24. The van der Waals surface area contributed by atoms with Gasteiger partial charge in [0.15, 0.2) is 0 Å². The first kappa shape index (κ1) is 16.6. The van der Waals surface area contributed by atoms with Crippen LogP contribution in [0.5, 0.6) is 0 Å². The highest BCUT2D eigenvalue weighted by Gasteiger charge is 2.18. The SMILES string of the molecule is CC(C)(CN)NC(=O)CCn1cnc2ccc(Br)cc2c1=O. The number of benzene rings is 1. The van der Waals surface area contributed by atoms with Crippen molar-refractivity contribution >= 4 is 32.7 Å². The van der Waals surface area contributed by atoms with Gasteiger partial charge in [-0.1, -0.05) is 15.9 Å². The van der Waals surface area contributed by atoms with Crippen molar-refractivity contribution in [3.8, 4) is 0 Å². The van der Waals surface area contributed by atoms with Gasteiger partial charge in [0.1, 0.15) is 0 Å². The van der Waals surface area contributed by atoms with Crippen LogP contribution in [-0.4, -0.2) is 27.5 Å². The fourth-order valence-corrected chi connectivity index (χ4v) is 2.36. The van der Waals surface area contributed by atoms with Crippen LogP contribution in [0.15, 0.2) is 33.8 Å². The van der Waals surface area contributed by atoms with E-state index in [4.69, 9.17) is 5.73 Å². The number of nitrogens with one attached hydrogen (secondary N) is 1. The summed E-state index contributed by atoms with van der Waals surface area (Å²) < 4.78 is 2.27. The lowest BCUT2D eigenvalue weighted by Crippen LogP contribution is -2.49. The molecule has 7 heteroatoms. The average molecular weight is 367 g/mol. The fourth-order valence-electron chi connectivity index (χ4n) is 2.00. The monoisotopic (exact) mass is 366 g/mol. The van der Waals surface area contributed by atoms with Gasteiger partial charge in [0.2, 0.25) is 5.91 Å². The zero-order chi connectivity index (χ0) is 16.3. The number of halogens is 1. The van der Waals surface area contributed by atoms with Crippen LogP contribution in [0.2, 0.25) is 0 Å². The normalized spacial score (nSPS) is 11.6. The Bertz CT molecular complexity index is 755. The van der Waals surface area contributed by atoms with E-state index in [0.29, 0.717) is 17.4 Å². The number of hydrogen-bond acceptors (Lipinski definition) is 4. The smallest absolute Gasteiger partial charge is 0.261 e. The minimum Gasteiger partial charge on any atom is -0.350 e. The van der Waals surface area contributed by atoms with Gasteiger partial charge >= 0.3 is 0 Å². The molecule has 6 nitrogen and oxygen atoms in total. The first-order valence-corrected chi connectivity index (χ1v) is 7.77. The summed E-state index contributed by atoms with van der Waals surface area (Å²) in [6.07, 6.45) is 1.67. The molecule has 22 heavy (non-hydrogen) atoms. The molecule has 1 heterocycles. The molecule has 1 aromatic heterocycles. The molecule has 1 amide bonds. The molecule has 118 valence electrons. The van der Waals surface area contributed by atoms with Gasteiger partial charge in [-0.3, -0.25) is 14.2 Å². The summed E-state index contributed by atoms with van der Waals surface area (Å²) in [5.41, 5.74) is 5.61. The highest BCUT2D eigenvalue weighted by atomic mass is 79.9. The Hall–Kier alpha value is -1.73.